The Bertz CT molecular complexity index is 290. The number of aromatic nitrogens is 1. The highest BCUT2D eigenvalue weighted by atomic mass is 33.1. The highest BCUT2D eigenvalue weighted by Crippen LogP contribution is 2.28. The Morgan fingerprint density at radius 1 is 1.53 bits per heavy atom. The van der Waals surface area contributed by atoms with Gasteiger partial charge in [-0.15, -0.1) is 0 Å². The molecule has 0 saturated carbocycles. The SMILES string of the molecule is C=C(C)COCCSSc1ccccn1. The average molecular weight is 241 g/mol. The van der Waals surface area contributed by atoms with Crippen molar-refractivity contribution in [3.8, 4) is 0 Å². The quantitative estimate of drug-likeness (QED) is 0.414. The molecule has 0 aliphatic carbocycles. The van der Waals surface area contributed by atoms with Gasteiger partial charge in [0.25, 0.3) is 0 Å². The molecule has 0 radical (unpaired) electrons. The first kappa shape index (κ1) is 12.6. The van der Waals surface area contributed by atoms with Crippen molar-refractivity contribution in [1.82, 2.24) is 4.98 Å². The molecule has 82 valence electrons. The average Bonchev–Trinajstić information content (AvgIpc) is 2.24. The fraction of sp³-hybridized carbons (Fsp3) is 0.364. The Kier molecular flexibility index (Phi) is 6.55. The second-order valence-electron chi connectivity index (χ2n) is 3.08. The fourth-order valence-corrected chi connectivity index (χ4v) is 2.58. The highest BCUT2D eigenvalue weighted by Gasteiger charge is 1.95. The molecule has 0 bridgehead atoms. The molecule has 1 aromatic heterocycles. The van der Waals surface area contributed by atoms with Crippen LogP contribution in [0.1, 0.15) is 6.92 Å². The maximum atomic E-state index is 5.38. The van der Waals surface area contributed by atoms with Crippen LogP contribution >= 0.6 is 21.6 Å². The lowest BCUT2D eigenvalue weighted by atomic mass is 10.4. The summed E-state index contributed by atoms with van der Waals surface area (Å²) in [5, 5.41) is 1.04. The number of ether oxygens (including phenoxy) is 1. The van der Waals surface area contributed by atoms with Crippen LogP contribution in [0.3, 0.4) is 0 Å². The van der Waals surface area contributed by atoms with Crippen molar-refractivity contribution >= 4 is 21.6 Å². The highest BCUT2D eigenvalue weighted by molar-refractivity contribution is 8.76. The van der Waals surface area contributed by atoms with Crippen LogP contribution < -0.4 is 0 Å². The smallest absolute Gasteiger partial charge is 0.106 e. The van der Waals surface area contributed by atoms with Crippen molar-refractivity contribution in [1.29, 1.82) is 0 Å². The Hall–Kier alpha value is -0.450. The Labute approximate surface area is 98.9 Å². The molecule has 15 heavy (non-hydrogen) atoms. The van der Waals surface area contributed by atoms with Crippen LogP contribution in [-0.4, -0.2) is 24.0 Å². The third kappa shape index (κ3) is 6.60. The molecule has 0 atom stereocenters. The minimum absolute atomic E-state index is 0.662. The molecule has 0 amide bonds. The predicted octanol–water partition coefficient (Wildman–Crippen LogP) is 3.41. The topological polar surface area (TPSA) is 22.1 Å². The van der Waals surface area contributed by atoms with Crippen molar-refractivity contribution in [3.05, 3.63) is 36.5 Å². The van der Waals surface area contributed by atoms with Crippen LogP contribution in [0.15, 0.2) is 41.6 Å². The number of hydrogen-bond acceptors (Lipinski definition) is 4. The van der Waals surface area contributed by atoms with Crippen molar-refractivity contribution in [2.75, 3.05) is 19.0 Å². The lowest BCUT2D eigenvalue weighted by Crippen LogP contribution is -1.98. The summed E-state index contributed by atoms with van der Waals surface area (Å²) in [5.74, 6) is 0.967. The molecular weight excluding hydrogens is 226 g/mol. The van der Waals surface area contributed by atoms with Gasteiger partial charge < -0.3 is 4.74 Å². The molecule has 2 nitrogen and oxygen atoms in total. The summed E-state index contributed by atoms with van der Waals surface area (Å²) in [5.41, 5.74) is 1.07. The molecule has 0 N–H and O–H groups in total. The van der Waals surface area contributed by atoms with Crippen LogP contribution in [0.4, 0.5) is 0 Å². The minimum Gasteiger partial charge on any atom is -0.376 e. The van der Waals surface area contributed by atoms with Crippen molar-refractivity contribution in [2.45, 2.75) is 11.9 Å². The van der Waals surface area contributed by atoms with E-state index in [-0.39, 0.29) is 0 Å². The zero-order chi connectivity index (χ0) is 10.9. The molecule has 4 heteroatoms. The van der Waals surface area contributed by atoms with Gasteiger partial charge in [-0.1, -0.05) is 29.0 Å². The van der Waals surface area contributed by atoms with E-state index in [2.05, 4.69) is 11.6 Å². The van der Waals surface area contributed by atoms with E-state index in [0.29, 0.717) is 6.61 Å². The molecule has 1 rings (SSSR count). The predicted molar refractivity (Wildman–Crippen MR) is 68.2 cm³/mol. The van der Waals surface area contributed by atoms with Gasteiger partial charge >= 0.3 is 0 Å². The summed E-state index contributed by atoms with van der Waals surface area (Å²) < 4.78 is 5.38. The maximum absolute atomic E-state index is 5.38. The van der Waals surface area contributed by atoms with Crippen molar-refractivity contribution < 1.29 is 4.74 Å². The summed E-state index contributed by atoms with van der Waals surface area (Å²) in [4.78, 5) is 4.21. The molecule has 0 spiro atoms. The fourth-order valence-electron chi connectivity index (χ4n) is 0.838. The summed E-state index contributed by atoms with van der Waals surface area (Å²) >= 11 is 0. The van der Waals surface area contributed by atoms with Gasteiger partial charge in [0, 0.05) is 11.9 Å². The zero-order valence-corrected chi connectivity index (χ0v) is 10.4. The normalized spacial score (nSPS) is 10.2. The molecule has 0 aliphatic heterocycles. The first-order valence-electron chi connectivity index (χ1n) is 4.71. The van der Waals surface area contributed by atoms with Crippen LogP contribution in [0.5, 0.6) is 0 Å². The van der Waals surface area contributed by atoms with Crippen LogP contribution in [0, 0.1) is 0 Å². The monoisotopic (exact) mass is 241 g/mol. The second kappa shape index (κ2) is 7.79. The summed E-state index contributed by atoms with van der Waals surface area (Å²) in [6.07, 6.45) is 1.81. The van der Waals surface area contributed by atoms with E-state index in [1.165, 1.54) is 0 Å². The van der Waals surface area contributed by atoms with E-state index >= 15 is 0 Å². The summed E-state index contributed by atoms with van der Waals surface area (Å²) in [7, 11) is 3.44. The summed E-state index contributed by atoms with van der Waals surface area (Å²) in [6.45, 7) is 7.16. The van der Waals surface area contributed by atoms with Crippen molar-refractivity contribution in [3.63, 3.8) is 0 Å². The van der Waals surface area contributed by atoms with Crippen LogP contribution in [-0.2, 0) is 4.74 Å². The van der Waals surface area contributed by atoms with E-state index in [4.69, 9.17) is 4.74 Å². The van der Waals surface area contributed by atoms with E-state index in [0.717, 1.165) is 23.0 Å². The molecule has 0 aromatic carbocycles. The Balaban J connectivity index is 2.00. The molecule has 0 saturated heterocycles. The van der Waals surface area contributed by atoms with E-state index in [1.807, 2.05) is 25.1 Å². The van der Waals surface area contributed by atoms with Crippen molar-refractivity contribution in [2.24, 2.45) is 0 Å². The lowest BCUT2D eigenvalue weighted by molar-refractivity contribution is 0.174. The van der Waals surface area contributed by atoms with Crippen LogP contribution in [0.25, 0.3) is 0 Å². The number of rotatable bonds is 7. The van der Waals surface area contributed by atoms with E-state index in [1.54, 1.807) is 27.8 Å². The van der Waals surface area contributed by atoms with Gasteiger partial charge in [0.05, 0.1) is 13.2 Å². The molecular formula is C11H15NOS2. The molecule has 1 aromatic rings. The third-order valence-corrected chi connectivity index (χ3v) is 3.67. The van der Waals surface area contributed by atoms with Gasteiger partial charge in [-0.2, -0.15) is 0 Å². The molecule has 1 heterocycles. The van der Waals surface area contributed by atoms with E-state index < -0.39 is 0 Å². The van der Waals surface area contributed by atoms with Gasteiger partial charge in [-0.3, -0.25) is 0 Å². The molecule has 0 aliphatic rings. The maximum Gasteiger partial charge on any atom is 0.106 e. The molecule has 0 unspecified atom stereocenters. The number of hydrogen-bond donors (Lipinski definition) is 0. The second-order valence-corrected chi connectivity index (χ2v) is 5.52. The lowest BCUT2D eigenvalue weighted by Gasteiger charge is -2.02. The zero-order valence-electron chi connectivity index (χ0n) is 8.81. The minimum atomic E-state index is 0.662. The number of pyridine rings is 1. The van der Waals surface area contributed by atoms with Gasteiger partial charge in [-0.25, -0.2) is 4.98 Å². The summed E-state index contributed by atoms with van der Waals surface area (Å²) in [6, 6.07) is 5.92. The van der Waals surface area contributed by atoms with Crippen LogP contribution in [0.2, 0.25) is 0 Å². The first-order chi connectivity index (χ1) is 7.29. The largest absolute Gasteiger partial charge is 0.376 e. The van der Waals surface area contributed by atoms with Gasteiger partial charge in [-0.05, 0) is 29.9 Å². The third-order valence-electron chi connectivity index (χ3n) is 1.44. The van der Waals surface area contributed by atoms with Gasteiger partial charge in [0.2, 0.25) is 0 Å². The first-order valence-corrected chi connectivity index (χ1v) is 7.03. The standard InChI is InChI=1S/C11H15NOS2/c1-10(2)9-13-7-8-14-15-11-5-3-4-6-12-11/h3-6H,1,7-9H2,2H3. The Morgan fingerprint density at radius 3 is 3.07 bits per heavy atom. The van der Waals surface area contributed by atoms with E-state index in [9.17, 15) is 0 Å². The number of nitrogens with zero attached hydrogens (tertiary/aromatic N) is 1. The van der Waals surface area contributed by atoms with Gasteiger partial charge in [0.15, 0.2) is 0 Å². The van der Waals surface area contributed by atoms with Gasteiger partial charge in [0.1, 0.15) is 5.03 Å². The Morgan fingerprint density at radius 2 is 2.40 bits per heavy atom. The molecule has 0 fully saturated rings.